The van der Waals surface area contributed by atoms with Crippen molar-refractivity contribution in [3.8, 4) is 0 Å². The molecule has 2 nitrogen and oxygen atoms in total. The van der Waals surface area contributed by atoms with E-state index >= 15 is 0 Å². The fourth-order valence-corrected chi connectivity index (χ4v) is 0.394. The van der Waals surface area contributed by atoms with Crippen LogP contribution in [0.5, 0.6) is 0 Å². The summed E-state index contributed by atoms with van der Waals surface area (Å²) in [6.45, 7) is 0. The maximum atomic E-state index is 9.92. The summed E-state index contributed by atoms with van der Waals surface area (Å²) in [6.07, 6.45) is 0. The molecule has 0 unspecified atom stereocenters. The van der Waals surface area contributed by atoms with E-state index in [9.17, 15) is 4.79 Å². The molecule has 0 rings (SSSR count). The van der Waals surface area contributed by atoms with Gasteiger partial charge in [-0.3, -0.25) is 0 Å². The van der Waals surface area contributed by atoms with E-state index in [1.165, 1.54) is 11.5 Å². The van der Waals surface area contributed by atoms with Crippen molar-refractivity contribution in [3.05, 3.63) is 0 Å². The van der Waals surface area contributed by atoms with Crippen molar-refractivity contribution in [2.75, 3.05) is 7.11 Å². The molecule has 0 aromatic rings. The van der Waals surface area contributed by atoms with E-state index in [-0.39, 0.29) is 5.97 Å². The fraction of sp³-hybridized carbons (Fsp3) is 0.333. The number of carbonyl (C=O) groups is 1. The van der Waals surface area contributed by atoms with E-state index in [0.717, 1.165) is 19.4 Å². The molecule has 0 N–H and O–H groups in total. The molecule has 0 aliphatic rings. The van der Waals surface area contributed by atoms with E-state index < -0.39 is 0 Å². The first-order valence-corrected chi connectivity index (χ1v) is 3.03. The standard InChI is InChI=1S/C3H4O2.W/c1-3(4)5-2;/h1H,2H3;. The Labute approximate surface area is 46.9 Å². The second-order valence-electron chi connectivity index (χ2n) is 0.641. The van der Waals surface area contributed by atoms with Gasteiger partial charge in [0.05, 0.1) is 0 Å². The van der Waals surface area contributed by atoms with Gasteiger partial charge in [-0.2, -0.15) is 0 Å². The molecule has 0 saturated carbocycles. The van der Waals surface area contributed by atoms with E-state index in [1.54, 1.807) is 0 Å². The monoisotopic (exact) mass is 256 g/mol. The van der Waals surface area contributed by atoms with Crippen LogP contribution in [0.1, 0.15) is 0 Å². The van der Waals surface area contributed by atoms with Crippen LogP contribution in [-0.4, -0.2) is 17.5 Å². The zero-order valence-corrected chi connectivity index (χ0v) is 6.24. The van der Waals surface area contributed by atoms with Gasteiger partial charge in [-0.25, -0.2) is 0 Å². The summed E-state index contributed by atoms with van der Waals surface area (Å²) in [7, 11) is 1.36. The van der Waals surface area contributed by atoms with E-state index in [2.05, 4.69) is 4.74 Å². The van der Waals surface area contributed by atoms with Gasteiger partial charge in [0.1, 0.15) is 0 Å². The Balaban J connectivity index is 3.23. The van der Waals surface area contributed by atoms with Gasteiger partial charge in [-0.15, -0.1) is 0 Å². The van der Waals surface area contributed by atoms with E-state index in [0.29, 0.717) is 0 Å². The predicted molar refractivity (Wildman–Crippen MR) is 18.1 cm³/mol. The molecule has 0 aliphatic heterocycles. The van der Waals surface area contributed by atoms with Crippen LogP contribution in [-0.2, 0) is 28.9 Å². The third kappa shape index (κ3) is 2.28. The van der Waals surface area contributed by atoms with Crippen LogP contribution in [0, 0.1) is 0 Å². The van der Waals surface area contributed by atoms with Gasteiger partial charge in [0, 0.05) is 0 Å². The zero-order chi connectivity index (χ0) is 4.99. The van der Waals surface area contributed by atoms with Crippen molar-refractivity contribution < 1.29 is 28.9 Å². The molecular formula is C3H4O2W. The van der Waals surface area contributed by atoms with Crippen molar-refractivity contribution in [2.45, 2.75) is 0 Å². The number of ether oxygens (including phenoxy) is 1. The molecule has 0 atom stereocenters. The zero-order valence-electron chi connectivity index (χ0n) is 3.30. The average molecular weight is 256 g/mol. The van der Waals surface area contributed by atoms with Gasteiger partial charge in [0.25, 0.3) is 0 Å². The fourth-order valence-electron chi connectivity index (χ4n) is 0.0481. The summed E-state index contributed by atoms with van der Waals surface area (Å²) >= 11 is 1.12. The van der Waals surface area contributed by atoms with Gasteiger partial charge < -0.3 is 0 Å². The summed E-state index contributed by atoms with van der Waals surface area (Å²) in [5, 5.41) is 0. The van der Waals surface area contributed by atoms with Crippen LogP contribution < -0.4 is 0 Å². The Morgan fingerprint density at radius 2 is 2.50 bits per heavy atom. The van der Waals surface area contributed by atoms with Gasteiger partial charge >= 0.3 is 46.4 Å². The Hall–Kier alpha value is 0.0283. The van der Waals surface area contributed by atoms with Gasteiger partial charge in [0.15, 0.2) is 0 Å². The molecule has 3 heteroatoms. The number of esters is 1. The molecule has 0 spiro atoms. The van der Waals surface area contributed by atoms with Crippen molar-refractivity contribution in [1.29, 1.82) is 0 Å². The van der Waals surface area contributed by atoms with Crippen LogP contribution in [0.3, 0.4) is 0 Å². The van der Waals surface area contributed by atoms with Crippen LogP contribution in [0.15, 0.2) is 0 Å². The number of carbonyl (C=O) groups excluding carboxylic acids is 1. The van der Waals surface area contributed by atoms with Crippen molar-refractivity contribution >= 4 is 10.4 Å². The van der Waals surface area contributed by atoms with Crippen molar-refractivity contribution in [3.63, 3.8) is 0 Å². The molecule has 34 valence electrons. The molecule has 0 fully saturated rings. The van der Waals surface area contributed by atoms with E-state index in [4.69, 9.17) is 0 Å². The summed E-state index contributed by atoms with van der Waals surface area (Å²) < 4.78 is 5.67. The molecular weight excluding hydrogens is 252 g/mol. The minimum absolute atomic E-state index is 0.245. The molecule has 0 amide bonds. The minimum atomic E-state index is -0.245. The average Bonchev–Trinajstić information content (AvgIpc) is 1.65. The van der Waals surface area contributed by atoms with Crippen LogP contribution in [0.2, 0.25) is 0 Å². The predicted octanol–water partition coefficient (Wildman–Crippen LogP) is -0.492. The second-order valence-corrected chi connectivity index (χ2v) is 1.49. The number of methoxy groups -OCH3 is 1. The molecule has 0 radical (unpaired) electrons. The summed E-state index contributed by atoms with van der Waals surface area (Å²) in [5.41, 5.74) is 0. The van der Waals surface area contributed by atoms with Crippen LogP contribution in [0.4, 0.5) is 0 Å². The van der Waals surface area contributed by atoms with E-state index in [1.807, 2.05) is 0 Å². The second kappa shape index (κ2) is 3.23. The number of hydrogen-bond acceptors (Lipinski definition) is 2. The summed E-state index contributed by atoms with van der Waals surface area (Å²) in [4.78, 5) is 9.92. The van der Waals surface area contributed by atoms with Gasteiger partial charge in [-0.05, 0) is 0 Å². The first-order chi connectivity index (χ1) is 2.81. The van der Waals surface area contributed by atoms with Crippen molar-refractivity contribution in [1.82, 2.24) is 0 Å². The maximum absolute atomic E-state index is 9.92. The Morgan fingerprint density at radius 1 is 2.00 bits per heavy atom. The van der Waals surface area contributed by atoms with Crippen molar-refractivity contribution in [2.24, 2.45) is 0 Å². The van der Waals surface area contributed by atoms with Gasteiger partial charge in [0.2, 0.25) is 0 Å². The summed E-state index contributed by atoms with van der Waals surface area (Å²) in [6, 6.07) is 0. The van der Waals surface area contributed by atoms with Gasteiger partial charge in [-0.1, -0.05) is 0 Å². The molecule has 0 aliphatic carbocycles. The number of hydrogen-bond donors (Lipinski definition) is 0. The Morgan fingerprint density at radius 3 is 2.50 bits per heavy atom. The first-order valence-electron chi connectivity index (χ1n) is 1.34. The SMILES string of the molecule is COC(=O)[CH]=[W]. The Bertz CT molecular complexity index is 69.2. The topological polar surface area (TPSA) is 26.3 Å². The van der Waals surface area contributed by atoms with Crippen LogP contribution >= 0.6 is 0 Å². The molecule has 0 aromatic carbocycles. The third-order valence-electron chi connectivity index (χ3n) is 0.297. The third-order valence-corrected chi connectivity index (χ3v) is 0.989. The first kappa shape index (κ1) is 6.03. The molecule has 6 heavy (non-hydrogen) atoms. The molecule has 0 aromatic heterocycles. The quantitative estimate of drug-likeness (QED) is 0.591. The van der Waals surface area contributed by atoms with Crippen LogP contribution in [0.25, 0.3) is 0 Å². The normalized spacial score (nSPS) is 6.83. The molecule has 0 heterocycles. The summed E-state index contributed by atoms with van der Waals surface area (Å²) in [5.74, 6) is -0.245. The Kier molecular flexibility index (Phi) is 3.24. The molecule has 0 bridgehead atoms. The molecule has 0 saturated heterocycles. The number of rotatable bonds is 1.